The molecule has 0 aliphatic carbocycles. The molecule has 1 rings (SSSR count). The quantitative estimate of drug-likeness (QED) is 0.747. The molecular weight excluding hydrogens is 266 g/mol. The molecule has 6 nitrogen and oxygen atoms in total. The van der Waals surface area contributed by atoms with Crippen molar-refractivity contribution in [3.05, 3.63) is 24.3 Å². The van der Waals surface area contributed by atoms with E-state index in [0.717, 1.165) is 0 Å². The molecule has 0 amide bonds. The Bertz CT molecular complexity index is 552. The Morgan fingerprint density at radius 1 is 1.42 bits per heavy atom. The number of hydrogen-bond donors (Lipinski definition) is 1. The first-order chi connectivity index (χ1) is 9.02. The van der Waals surface area contributed by atoms with Gasteiger partial charge in [-0.3, -0.25) is 0 Å². The molecule has 0 fully saturated rings. The maximum atomic E-state index is 12.4. The zero-order chi connectivity index (χ0) is 14.3. The van der Waals surface area contributed by atoms with Crippen LogP contribution in [0.4, 0.5) is 5.69 Å². The summed E-state index contributed by atoms with van der Waals surface area (Å²) in [5, 5.41) is 8.60. The largest absolute Gasteiger partial charge is 0.399 e. The summed E-state index contributed by atoms with van der Waals surface area (Å²) in [6, 6.07) is 8.03. The van der Waals surface area contributed by atoms with Gasteiger partial charge in [-0.15, -0.1) is 0 Å². The third-order valence-corrected chi connectivity index (χ3v) is 4.41. The first-order valence-electron chi connectivity index (χ1n) is 5.74. The highest BCUT2D eigenvalue weighted by Gasteiger charge is 2.23. The van der Waals surface area contributed by atoms with Crippen LogP contribution in [-0.2, 0) is 14.8 Å². The second kappa shape index (κ2) is 7.09. The van der Waals surface area contributed by atoms with Crippen LogP contribution in [0.2, 0.25) is 0 Å². The van der Waals surface area contributed by atoms with E-state index in [-0.39, 0.29) is 31.0 Å². The molecule has 104 valence electrons. The van der Waals surface area contributed by atoms with Crippen molar-refractivity contribution < 1.29 is 13.2 Å². The first kappa shape index (κ1) is 15.4. The van der Waals surface area contributed by atoms with E-state index in [1.54, 1.807) is 12.1 Å². The van der Waals surface area contributed by atoms with Crippen LogP contribution in [0.5, 0.6) is 0 Å². The third kappa shape index (κ3) is 4.21. The summed E-state index contributed by atoms with van der Waals surface area (Å²) in [4.78, 5) is 0.126. The van der Waals surface area contributed by atoms with Crippen molar-refractivity contribution >= 4 is 15.7 Å². The number of sulfonamides is 1. The molecule has 2 N–H and O–H groups in total. The second-order valence-electron chi connectivity index (χ2n) is 3.88. The Morgan fingerprint density at radius 3 is 2.74 bits per heavy atom. The summed E-state index contributed by atoms with van der Waals surface area (Å²) in [6.07, 6.45) is 0.130. The molecule has 1 aromatic rings. The second-order valence-corrected chi connectivity index (χ2v) is 5.82. The molecule has 1 aromatic carbocycles. The monoisotopic (exact) mass is 283 g/mol. The van der Waals surface area contributed by atoms with E-state index in [4.69, 9.17) is 15.7 Å². The fourth-order valence-electron chi connectivity index (χ4n) is 1.54. The van der Waals surface area contributed by atoms with Crippen LogP contribution in [0.3, 0.4) is 0 Å². The maximum absolute atomic E-state index is 12.4. The van der Waals surface area contributed by atoms with Gasteiger partial charge in [0.15, 0.2) is 0 Å². The summed E-state index contributed by atoms with van der Waals surface area (Å²) in [5.41, 5.74) is 5.98. The van der Waals surface area contributed by atoms with Gasteiger partial charge in [0.25, 0.3) is 0 Å². The standard InChI is InChI=1S/C12H17N3O3S/c1-18-9-8-15(7-3-6-13)19(16,17)12-5-2-4-11(14)10-12/h2,4-5,10H,3,7-9,14H2,1H3. The van der Waals surface area contributed by atoms with E-state index in [2.05, 4.69) is 0 Å². The van der Waals surface area contributed by atoms with Gasteiger partial charge in [-0.05, 0) is 18.2 Å². The van der Waals surface area contributed by atoms with Crippen LogP contribution < -0.4 is 5.73 Å². The molecular formula is C12H17N3O3S. The van der Waals surface area contributed by atoms with Gasteiger partial charge >= 0.3 is 0 Å². The number of hydrogen-bond acceptors (Lipinski definition) is 5. The van der Waals surface area contributed by atoms with Crippen molar-refractivity contribution in [1.82, 2.24) is 4.31 Å². The topological polar surface area (TPSA) is 96.4 Å². The normalized spacial score (nSPS) is 11.4. The van der Waals surface area contributed by atoms with Gasteiger partial charge < -0.3 is 10.5 Å². The van der Waals surface area contributed by atoms with Crippen LogP contribution in [0, 0.1) is 11.3 Å². The summed E-state index contributed by atoms with van der Waals surface area (Å²) < 4.78 is 30.9. The van der Waals surface area contributed by atoms with E-state index in [1.807, 2.05) is 6.07 Å². The Balaban J connectivity index is 3.01. The molecule has 0 unspecified atom stereocenters. The molecule has 0 saturated carbocycles. The molecule has 0 atom stereocenters. The van der Waals surface area contributed by atoms with E-state index in [0.29, 0.717) is 5.69 Å². The van der Waals surface area contributed by atoms with Gasteiger partial charge in [0.05, 0.1) is 17.6 Å². The number of methoxy groups -OCH3 is 1. The zero-order valence-electron chi connectivity index (χ0n) is 10.7. The number of nitrogens with two attached hydrogens (primary N) is 1. The summed E-state index contributed by atoms with van der Waals surface area (Å²) >= 11 is 0. The molecule has 19 heavy (non-hydrogen) atoms. The van der Waals surface area contributed by atoms with Crippen molar-refractivity contribution in [3.8, 4) is 6.07 Å². The minimum absolute atomic E-state index is 0.126. The van der Waals surface area contributed by atoms with E-state index >= 15 is 0 Å². The minimum atomic E-state index is -3.65. The number of ether oxygens (including phenoxy) is 1. The molecule has 0 spiro atoms. The fourth-order valence-corrected chi connectivity index (χ4v) is 3.02. The predicted octanol–water partition coefficient (Wildman–Crippen LogP) is 0.820. The first-order valence-corrected chi connectivity index (χ1v) is 7.18. The lowest BCUT2D eigenvalue weighted by Crippen LogP contribution is -2.34. The lowest BCUT2D eigenvalue weighted by Gasteiger charge is -2.20. The van der Waals surface area contributed by atoms with Crippen molar-refractivity contribution in [2.24, 2.45) is 0 Å². The molecule has 0 saturated heterocycles. The molecule has 0 aliphatic heterocycles. The Labute approximate surface area is 113 Å². The maximum Gasteiger partial charge on any atom is 0.243 e. The van der Waals surface area contributed by atoms with Gasteiger partial charge in [0.2, 0.25) is 10.0 Å². The average Bonchev–Trinajstić information content (AvgIpc) is 2.38. The molecule has 0 radical (unpaired) electrons. The number of nitriles is 1. The highest BCUT2D eigenvalue weighted by Crippen LogP contribution is 2.18. The SMILES string of the molecule is COCCN(CCC#N)S(=O)(=O)c1cccc(N)c1. The number of anilines is 1. The summed E-state index contributed by atoms with van der Waals surface area (Å²) in [5.74, 6) is 0. The summed E-state index contributed by atoms with van der Waals surface area (Å²) in [7, 11) is -2.15. The summed E-state index contributed by atoms with van der Waals surface area (Å²) in [6.45, 7) is 0.610. The molecule has 0 heterocycles. The Kier molecular flexibility index (Phi) is 5.76. The predicted molar refractivity (Wildman–Crippen MR) is 71.7 cm³/mol. The zero-order valence-corrected chi connectivity index (χ0v) is 11.6. The van der Waals surface area contributed by atoms with Crippen LogP contribution in [-0.4, -0.2) is 39.5 Å². The van der Waals surface area contributed by atoms with Gasteiger partial charge in [-0.25, -0.2) is 8.42 Å². The van der Waals surface area contributed by atoms with Crippen molar-refractivity contribution in [2.75, 3.05) is 32.5 Å². The van der Waals surface area contributed by atoms with Crippen LogP contribution in [0.1, 0.15) is 6.42 Å². The Hall–Kier alpha value is -1.62. The average molecular weight is 283 g/mol. The van der Waals surface area contributed by atoms with Crippen molar-refractivity contribution in [3.63, 3.8) is 0 Å². The number of benzene rings is 1. The fraction of sp³-hybridized carbons (Fsp3) is 0.417. The molecule has 0 aliphatic rings. The highest BCUT2D eigenvalue weighted by molar-refractivity contribution is 7.89. The number of nitrogens with zero attached hydrogens (tertiary/aromatic N) is 2. The van der Waals surface area contributed by atoms with Gasteiger partial charge in [0, 0.05) is 32.3 Å². The smallest absolute Gasteiger partial charge is 0.243 e. The van der Waals surface area contributed by atoms with E-state index in [1.165, 1.54) is 23.5 Å². The van der Waals surface area contributed by atoms with Gasteiger partial charge in [-0.2, -0.15) is 9.57 Å². The molecule has 7 heteroatoms. The van der Waals surface area contributed by atoms with Crippen molar-refractivity contribution in [1.29, 1.82) is 5.26 Å². The van der Waals surface area contributed by atoms with E-state index < -0.39 is 10.0 Å². The minimum Gasteiger partial charge on any atom is -0.399 e. The Morgan fingerprint density at radius 2 is 2.16 bits per heavy atom. The number of rotatable bonds is 7. The highest BCUT2D eigenvalue weighted by atomic mass is 32.2. The molecule has 0 bridgehead atoms. The molecule has 0 aromatic heterocycles. The van der Waals surface area contributed by atoms with Crippen molar-refractivity contribution in [2.45, 2.75) is 11.3 Å². The van der Waals surface area contributed by atoms with Crippen LogP contribution >= 0.6 is 0 Å². The van der Waals surface area contributed by atoms with Gasteiger partial charge in [-0.1, -0.05) is 6.07 Å². The number of nitrogen functional groups attached to an aromatic ring is 1. The van der Waals surface area contributed by atoms with Crippen LogP contribution in [0.25, 0.3) is 0 Å². The lowest BCUT2D eigenvalue weighted by atomic mass is 10.3. The van der Waals surface area contributed by atoms with Crippen LogP contribution in [0.15, 0.2) is 29.2 Å². The third-order valence-electron chi connectivity index (χ3n) is 2.51. The lowest BCUT2D eigenvalue weighted by molar-refractivity contribution is 0.179. The van der Waals surface area contributed by atoms with E-state index in [9.17, 15) is 8.42 Å². The van der Waals surface area contributed by atoms with Gasteiger partial charge in [0.1, 0.15) is 0 Å².